The van der Waals surface area contributed by atoms with Crippen LogP contribution in [0.15, 0.2) is 18.2 Å². The Kier molecular flexibility index (Phi) is 2.69. The molecule has 0 unspecified atom stereocenters. The lowest BCUT2D eigenvalue weighted by molar-refractivity contribution is -0.385. The van der Waals surface area contributed by atoms with Gasteiger partial charge in [0.15, 0.2) is 11.5 Å². The van der Waals surface area contributed by atoms with Gasteiger partial charge in [-0.3, -0.25) is 10.1 Å². The van der Waals surface area contributed by atoms with Crippen LogP contribution in [-0.2, 0) is 0 Å². The van der Waals surface area contributed by atoms with Gasteiger partial charge in [0.25, 0.3) is 5.69 Å². The predicted molar refractivity (Wildman–Crippen MR) is 41.4 cm³/mol. The molecule has 0 bridgehead atoms. The van der Waals surface area contributed by atoms with E-state index in [-0.39, 0.29) is 0 Å². The monoisotopic (exact) mass is 223 g/mol. The minimum atomic E-state index is -5.01. The van der Waals surface area contributed by atoms with Crippen LogP contribution in [0.1, 0.15) is 0 Å². The number of benzene rings is 1. The zero-order chi connectivity index (χ0) is 11.6. The van der Waals surface area contributed by atoms with E-state index in [0.717, 1.165) is 12.1 Å². The standard InChI is InChI=1S/C7H4F3NO4/c8-7(9,10)15-6-3-4(11(13)14)1-2-5(6)12/h1-3,12H. The van der Waals surface area contributed by atoms with Crippen LogP contribution >= 0.6 is 0 Å². The van der Waals surface area contributed by atoms with E-state index in [1.54, 1.807) is 0 Å². The topological polar surface area (TPSA) is 72.6 Å². The molecular formula is C7H4F3NO4. The fourth-order valence-corrected chi connectivity index (χ4v) is 0.823. The van der Waals surface area contributed by atoms with Gasteiger partial charge in [0, 0.05) is 6.07 Å². The number of aromatic hydroxyl groups is 1. The maximum absolute atomic E-state index is 11.8. The molecule has 0 heterocycles. The van der Waals surface area contributed by atoms with Crippen molar-refractivity contribution in [2.45, 2.75) is 6.36 Å². The van der Waals surface area contributed by atoms with Crippen LogP contribution in [0.4, 0.5) is 18.9 Å². The zero-order valence-electron chi connectivity index (χ0n) is 6.99. The SMILES string of the molecule is O=[N+]([O-])c1ccc(O)c(OC(F)(F)F)c1. The minimum Gasteiger partial charge on any atom is -0.504 e. The van der Waals surface area contributed by atoms with Crippen molar-refractivity contribution >= 4 is 5.69 Å². The quantitative estimate of drug-likeness (QED) is 0.616. The third-order valence-electron chi connectivity index (χ3n) is 1.38. The van der Waals surface area contributed by atoms with Crippen molar-refractivity contribution in [1.82, 2.24) is 0 Å². The molecule has 82 valence electrons. The van der Waals surface area contributed by atoms with Crippen molar-refractivity contribution in [1.29, 1.82) is 0 Å². The van der Waals surface area contributed by atoms with Gasteiger partial charge in [-0.05, 0) is 6.07 Å². The maximum atomic E-state index is 11.8. The van der Waals surface area contributed by atoms with Gasteiger partial charge >= 0.3 is 6.36 Å². The van der Waals surface area contributed by atoms with Crippen molar-refractivity contribution in [3.63, 3.8) is 0 Å². The summed E-state index contributed by atoms with van der Waals surface area (Å²) in [5.41, 5.74) is -0.605. The molecule has 1 rings (SSSR count). The fraction of sp³-hybridized carbons (Fsp3) is 0.143. The lowest BCUT2D eigenvalue weighted by Crippen LogP contribution is -2.17. The molecule has 0 atom stereocenters. The number of non-ortho nitro benzene ring substituents is 1. The lowest BCUT2D eigenvalue weighted by Gasteiger charge is -2.09. The Morgan fingerprint density at radius 3 is 2.47 bits per heavy atom. The molecule has 0 spiro atoms. The summed E-state index contributed by atoms with van der Waals surface area (Å²) in [4.78, 5) is 9.32. The van der Waals surface area contributed by atoms with Gasteiger partial charge in [0.1, 0.15) is 0 Å². The van der Waals surface area contributed by atoms with Crippen LogP contribution in [-0.4, -0.2) is 16.4 Å². The summed E-state index contributed by atoms with van der Waals surface area (Å²) in [5, 5.41) is 19.1. The van der Waals surface area contributed by atoms with E-state index in [0.29, 0.717) is 6.07 Å². The second-order valence-corrected chi connectivity index (χ2v) is 2.46. The minimum absolute atomic E-state index is 0.489. The largest absolute Gasteiger partial charge is 0.573 e. The third kappa shape index (κ3) is 3.01. The number of phenols is 1. The van der Waals surface area contributed by atoms with Crippen molar-refractivity contribution in [3.05, 3.63) is 28.3 Å². The zero-order valence-corrected chi connectivity index (χ0v) is 6.99. The average Bonchev–Trinajstić information content (AvgIpc) is 2.06. The van der Waals surface area contributed by atoms with Crippen LogP contribution < -0.4 is 4.74 Å². The van der Waals surface area contributed by atoms with Crippen LogP contribution in [0.3, 0.4) is 0 Å². The Labute approximate surface area is 80.9 Å². The van der Waals surface area contributed by atoms with E-state index < -0.39 is 28.5 Å². The molecule has 15 heavy (non-hydrogen) atoms. The number of hydrogen-bond acceptors (Lipinski definition) is 4. The van der Waals surface area contributed by atoms with Gasteiger partial charge in [-0.1, -0.05) is 0 Å². The first-order valence-corrected chi connectivity index (χ1v) is 3.53. The molecule has 0 aliphatic carbocycles. The Hall–Kier alpha value is -1.99. The Bertz CT molecular complexity index is 390. The van der Waals surface area contributed by atoms with E-state index in [4.69, 9.17) is 5.11 Å². The molecule has 0 aromatic heterocycles. The summed E-state index contributed by atoms with van der Waals surface area (Å²) in [6.45, 7) is 0. The highest BCUT2D eigenvalue weighted by atomic mass is 19.4. The lowest BCUT2D eigenvalue weighted by atomic mass is 10.3. The molecule has 1 N–H and O–H groups in total. The van der Waals surface area contributed by atoms with E-state index in [1.165, 1.54) is 0 Å². The predicted octanol–water partition coefficient (Wildman–Crippen LogP) is 2.20. The summed E-state index contributed by atoms with van der Waals surface area (Å²) >= 11 is 0. The van der Waals surface area contributed by atoms with Crippen molar-refractivity contribution in [3.8, 4) is 11.5 Å². The molecule has 1 aromatic rings. The van der Waals surface area contributed by atoms with Gasteiger partial charge in [-0.15, -0.1) is 13.2 Å². The second-order valence-electron chi connectivity index (χ2n) is 2.46. The number of halogens is 3. The molecular weight excluding hydrogens is 219 g/mol. The normalized spacial score (nSPS) is 11.1. The van der Waals surface area contributed by atoms with E-state index in [1.807, 2.05) is 0 Å². The van der Waals surface area contributed by atoms with Crippen LogP contribution in [0, 0.1) is 10.1 Å². The summed E-state index contributed by atoms with van der Waals surface area (Å²) < 4.78 is 38.6. The molecule has 0 radical (unpaired) electrons. The van der Waals surface area contributed by atoms with Gasteiger partial charge in [0.05, 0.1) is 11.0 Å². The van der Waals surface area contributed by atoms with Crippen molar-refractivity contribution in [2.75, 3.05) is 0 Å². The highest BCUT2D eigenvalue weighted by Crippen LogP contribution is 2.34. The molecule has 0 aliphatic rings. The number of nitro benzene ring substituents is 1. The molecule has 0 saturated heterocycles. The van der Waals surface area contributed by atoms with E-state index >= 15 is 0 Å². The average molecular weight is 223 g/mol. The third-order valence-corrected chi connectivity index (χ3v) is 1.38. The molecule has 1 aromatic carbocycles. The molecule has 0 fully saturated rings. The van der Waals surface area contributed by atoms with E-state index in [9.17, 15) is 23.3 Å². The Balaban J connectivity index is 3.06. The molecule has 5 nitrogen and oxygen atoms in total. The Morgan fingerprint density at radius 2 is 2.00 bits per heavy atom. The van der Waals surface area contributed by atoms with Gasteiger partial charge < -0.3 is 9.84 Å². The number of ether oxygens (including phenoxy) is 1. The number of rotatable bonds is 2. The molecule has 8 heteroatoms. The molecule has 0 amide bonds. The van der Waals surface area contributed by atoms with E-state index in [2.05, 4.69) is 4.74 Å². The van der Waals surface area contributed by atoms with Gasteiger partial charge in [-0.2, -0.15) is 0 Å². The highest BCUT2D eigenvalue weighted by molar-refractivity contribution is 5.47. The van der Waals surface area contributed by atoms with Gasteiger partial charge in [-0.25, -0.2) is 0 Å². The Morgan fingerprint density at radius 1 is 1.40 bits per heavy atom. The fourth-order valence-electron chi connectivity index (χ4n) is 0.823. The number of alkyl halides is 3. The smallest absolute Gasteiger partial charge is 0.504 e. The number of nitrogens with zero attached hydrogens (tertiary/aromatic N) is 1. The first-order valence-electron chi connectivity index (χ1n) is 3.53. The number of phenolic OH excluding ortho intramolecular Hbond substituents is 1. The van der Waals surface area contributed by atoms with Gasteiger partial charge in [0.2, 0.25) is 0 Å². The van der Waals surface area contributed by atoms with Crippen molar-refractivity contribution < 1.29 is 27.9 Å². The maximum Gasteiger partial charge on any atom is 0.573 e. The van der Waals surface area contributed by atoms with Crippen molar-refractivity contribution in [2.24, 2.45) is 0 Å². The molecule has 0 saturated carbocycles. The summed E-state index contributed by atoms with van der Waals surface area (Å²) in [5.74, 6) is -1.82. The summed E-state index contributed by atoms with van der Waals surface area (Å²) in [7, 11) is 0. The second kappa shape index (κ2) is 3.64. The van der Waals surface area contributed by atoms with Crippen LogP contribution in [0.5, 0.6) is 11.5 Å². The first kappa shape index (κ1) is 11.1. The number of nitro groups is 1. The number of hydrogen-bond donors (Lipinski definition) is 1. The molecule has 0 aliphatic heterocycles. The highest BCUT2D eigenvalue weighted by Gasteiger charge is 2.32. The first-order chi connectivity index (χ1) is 6.79. The van der Waals surface area contributed by atoms with Crippen LogP contribution in [0.25, 0.3) is 0 Å². The summed E-state index contributed by atoms with van der Waals surface area (Å²) in [6, 6.07) is 2.10. The summed E-state index contributed by atoms with van der Waals surface area (Å²) in [6.07, 6.45) is -5.01. The van der Waals surface area contributed by atoms with Crippen LogP contribution in [0.2, 0.25) is 0 Å².